The van der Waals surface area contributed by atoms with Gasteiger partial charge in [0.15, 0.2) is 11.5 Å². The van der Waals surface area contributed by atoms with E-state index in [0.29, 0.717) is 5.75 Å². The number of aryl methyl sites for hydroxylation is 1. The van der Waals surface area contributed by atoms with Crippen molar-refractivity contribution in [1.29, 1.82) is 0 Å². The van der Waals surface area contributed by atoms with Gasteiger partial charge in [-0.25, -0.2) is 8.42 Å². The predicted octanol–water partition coefficient (Wildman–Crippen LogP) is 6.57. The molecule has 12 heteroatoms. The van der Waals surface area contributed by atoms with Crippen LogP contribution in [0.25, 0.3) is 0 Å². The fourth-order valence-corrected chi connectivity index (χ4v) is 7.89. The van der Waals surface area contributed by atoms with Crippen LogP contribution in [0.5, 0.6) is 17.2 Å². The van der Waals surface area contributed by atoms with Crippen LogP contribution in [0.3, 0.4) is 0 Å². The van der Waals surface area contributed by atoms with Crippen molar-refractivity contribution in [2.75, 3.05) is 32.2 Å². The summed E-state index contributed by atoms with van der Waals surface area (Å²) in [4.78, 5) is 30.5. The number of rotatable bonds is 15. The molecule has 0 saturated heterocycles. The lowest BCUT2D eigenvalue weighted by molar-refractivity contribution is -0.140. The van der Waals surface area contributed by atoms with Gasteiger partial charge in [-0.15, -0.1) is 0 Å². The van der Waals surface area contributed by atoms with E-state index in [1.807, 2.05) is 61.5 Å². The van der Waals surface area contributed by atoms with E-state index < -0.39 is 28.5 Å². The number of nitrogens with zero attached hydrogens (tertiary/aromatic N) is 2. The van der Waals surface area contributed by atoms with Crippen molar-refractivity contribution in [1.82, 2.24) is 10.2 Å². The Hall–Kier alpha value is -4.74. The fraction of sp³-hybridized carbons (Fsp3) is 0.333. The van der Waals surface area contributed by atoms with E-state index in [1.165, 1.54) is 56.6 Å². The van der Waals surface area contributed by atoms with Crippen LogP contribution in [0.15, 0.2) is 95.9 Å². The van der Waals surface area contributed by atoms with Crippen LogP contribution in [-0.2, 0) is 32.6 Å². The number of anilines is 1. The van der Waals surface area contributed by atoms with Crippen LogP contribution in [-0.4, -0.2) is 65.1 Å². The second kappa shape index (κ2) is 17.0. The van der Waals surface area contributed by atoms with Crippen LogP contribution >= 0.6 is 11.6 Å². The number of benzene rings is 4. The number of amides is 2. The number of carbonyl (C=O) groups is 2. The molecule has 1 aliphatic carbocycles. The standard InChI is InChI=1S/C39H44ClN3O7S/c1-27-14-16-29(17-15-27)25-42(34(22-28-10-6-5-7-11-28)39(45)41-31-12-8-9-13-31)38(44)26-43(33-23-30(40)18-20-35(33)48-2)51(46,47)32-19-21-36(49-3)37(24-32)50-4/h5-7,10-11,14-21,23-24,31,34H,8-9,12-13,22,25-26H2,1-4H3,(H,41,45). The van der Waals surface area contributed by atoms with Gasteiger partial charge in [0.2, 0.25) is 11.8 Å². The van der Waals surface area contributed by atoms with E-state index in [-0.39, 0.29) is 52.0 Å². The van der Waals surface area contributed by atoms with Gasteiger partial charge in [-0.05, 0) is 61.2 Å². The van der Waals surface area contributed by atoms with Gasteiger partial charge in [0.1, 0.15) is 18.3 Å². The van der Waals surface area contributed by atoms with Crippen molar-refractivity contribution in [3.05, 3.63) is 113 Å². The largest absolute Gasteiger partial charge is 0.495 e. The molecule has 51 heavy (non-hydrogen) atoms. The lowest BCUT2D eigenvalue weighted by Crippen LogP contribution is -2.54. The maximum absolute atomic E-state index is 14.9. The van der Waals surface area contributed by atoms with Gasteiger partial charge in [-0.3, -0.25) is 13.9 Å². The first-order chi connectivity index (χ1) is 24.5. The van der Waals surface area contributed by atoms with Crippen LogP contribution in [0.4, 0.5) is 5.69 Å². The van der Waals surface area contributed by atoms with E-state index in [0.717, 1.165) is 46.7 Å². The monoisotopic (exact) mass is 733 g/mol. The molecule has 0 radical (unpaired) electrons. The predicted molar refractivity (Wildman–Crippen MR) is 198 cm³/mol. The second-order valence-electron chi connectivity index (χ2n) is 12.5. The minimum Gasteiger partial charge on any atom is -0.495 e. The average Bonchev–Trinajstić information content (AvgIpc) is 3.65. The molecule has 0 aromatic heterocycles. The molecule has 270 valence electrons. The lowest BCUT2D eigenvalue weighted by Gasteiger charge is -2.34. The van der Waals surface area contributed by atoms with Crippen LogP contribution < -0.4 is 23.8 Å². The summed E-state index contributed by atoms with van der Waals surface area (Å²) in [6.07, 6.45) is 3.98. The maximum atomic E-state index is 14.9. The summed E-state index contributed by atoms with van der Waals surface area (Å²) < 4.78 is 46.6. The Balaban J connectivity index is 1.62. The summed E-state index contributed by atoms with van der Waals surface area (Å²) in [5, 5.41) is 3.43. The lowest BCUT2D eigenvalue weighted by atomic mass is 10.0. The van der Waals surface area contributed by atoms with Crippen LogP contribution in [0.2, 0.25) is 5.02 Å². The molecule has 4 aromatic carbocycles. The van der Waals surface area contributed by atoms with Gasteiger partial charge in [-0.1, -0.05) is 84.6 Å². The molecule has 1 atom stereocenters. The third-order valence-corrected chi connectivity index (χ3v) is 11.1. The first-order valence-corrected chi connectivity index (χ1v) is 18.6. The molecule has 0 spiro atoms. The molecule has 2 amide bonds. The van der Waals surface area contributed by atoms with E-state index in [1.54, 1.807) is 6.07 Å². The maximum Gasteiger partial charge on any atom is 0.265 e. The Morgan fingerprint density at radius 1 is 0.824 bits per heavy atom. The van der Waals surface area contributed by atoms with E-state index >= 15 is 0 Å². The van der Waals surface area contributed by atoms with Gasteiger partial charge in [-0.2, -0.15) is 0 Å². The average molecular weight is 734 g/mol. The number of hydrogen-bond donors (Lipinski definition) is 1. The first kappa shape index (κ1) is 37.5. The minimum absolute atomic E-state index is 0.00440. The van der Waals surface area contributed by atoms with E-state index in [4.69, 9.17) is 25.8 Å². The minimum atomic E-state index is -4.48. The molecule has 10 nitrogen and oxygen atoms in total. The molecular formula is C39H44ClN3O7S. The van der Waals surface area contributed by atoms with Crippen molar-refractivity contribution in [3.63, 3.8) is 0 Å². The molecule has 1 unspecified atom stereocenters. The zero-order valence-corrected chi connectivity index (χ0v) is 30.9. The summed E-state index contributed by atoms with van der Waals surface area (Å²) in [5.74, 6) is -0.178. The Bertz CT molecular complexity index is 1920. The molecular weight excluding hydrogens is 690 g/mol. The Morgan fingerprint density at radius 3 is 2.12 bits per heavy atom. The summed E-state index contributed by atoms with van der Waals surface area (Å²) in [6, 6.07) is 25.0. The van der Waals surface area contributed by atoms with Gasteiger partial charge in [0.25, 0.3) is 10.0 Å². The quantitative estimate of drug-likeness (QED) is 0.147. The molecule has 1 N–H and O–H groups in total. The van der Waals surface area contributed by atoms with Gasteiger partial charge in [0.05, 0.1) is 31.9 Å². The van der Waals surface area contributed by atoms with Crippen molar-refractivity contribution >= 4 is 39.1 Å². The first-order valence-electron chi connectivity index (χ1n) is 16.8. The SMILES string of the molecule is COc1ccc(S(=O)(=O)N(CC(=O)N(Cc2ccc(C)cc2)C(Cc2ccccc2)C(=O)NC2CCCC2)c2cc(Cl)ccc2OC)cc1OC. The molecule has 5 rings (SSSR count). The Kier molecular flexibility index (Phi) is 12.5. The summed E-state index contributed by atoms with van der Waals surface area (Å²) in [5.41, 5.74) is 2.74. The molecule has 0 aliphatic heterocycles. The summed E-state index contributed by atoms with van der Waals surface area (Å²) >= 11 is 6.42. The molecule has 4 aromatic rings. The number of carbonyl (C=O) groups excluding carboxylic acids is 2. The number of methoxy groups -OCH3 is 3. The third-order valence-electron chi connectivity index (χ3n) is 9.08. The van der Waals surface area contributed by atoms with Crippen molar-refractivity contribution in [3.8, 4) is 17.2 Å². The fourth-order valence-electron chi connectivity index (χ4n) is 6.29. The second-order valence-corrected chi connectivity index (χ2v) is 14.8. The van der Waals surface area contributed by atoms with E-state index in [9.17, 15) is 18.0 Å². The highest BCUT2D eigenvalue weighted by molar-refractivity contribution is 7.92. The molecule has 0 heterocycles. The number of nitrogens with one attached hydrogen (secondary N) is 1. The molecule has 1 fully saturated rings. The number of ether oxygens (including phenoxy) is 3. The smallest absolute Gasteiger partial charge is 0.265 e. The number of halogens is 1. The van der Waals surface area contributed by atoms with Gasteiger partial charge < -0.3 is 24.4 Å². The zero-order chi connectivity index (χ0) is 36.5. The van der Waals surface area contributed by atoms with Gasteiger partial charge in [0, 0.05) is 30.1 Å². The highest BCUT2D eigenvalue weighted by Crippen LogP contribution is 2.37. The summed E-state index contributed by atoms with van der Waals surface area (Å²) in [7, 11) is -0.221. The molecule has 1 aliphatic rings. The van der Waals surface area contributed by atoms with Crippen molar-refractivity contribution in [2.45, 2.75) is 62.6 Å². The third kappa shape index (κ3) is 9.14. The summed E-state index contributed by atoms with van der Waals surface area (Å²) in [6.45, 7) is 1.36. The van der Waals surface area contributed by atoms with Crippen molar-refractivity contribution in [2.24, 2.45) is 0 Å². The topological polar surface area (TPSA) is 114 Å². The van der Waals surface area contributed by atoms with Crippen molar-refractivity contribution < 1.29 is 32.2 Å². The van der Waals surface area contributed by atoms with Gasteiger partial charge >= 0.3 is 0 Å². The highest BCUT2D eigenvalue weighted by atomic mass is 35.5. The molecule has 1 saturated carbocycles. The zero-order valence-electron chi connectivity index (χ0n) is 29.3. The Labute approximate surface area is 305 Å². The number of sulfonamides is 1. The van der Waals surface area contributed by atoms with E-state index in [2.05, 4.69) is 5.32 Å². The highest BCUT2D eigenvalue weighted by Gasteiger charge is 2.37. The normalized spacial score (nSPS) is 13.7. The number of hydrogen-bond acceptors (Lipinski definition) is 7. The molecule has 0 bridgehead atoms. The van der Waals surface area contributed by atoms with Crippen LogP contribution in [0.1, 0.15) is 42.4 Å². The van der Waals surface area contributed by atoms with Crippen LogP contribution in [0, 0.1) is 6.92 Å². The Morgan fingerprint density at radius 2 is 1.47 bits per heavy atom.